The number of thiophene rings is 1. The number of pyridine rings is 1. The normalized spacial score (nSPS) is 11.1. The number of aromatic amines is 1. The molecule has 4 nitrogen and oxygen atoms in total. The van der Waals surface area contributed by atoms with Crippen LogP contribution in [-0.2, 0) is 11.2 Å². The second-order valence-electron chi connectivity index (χ2n) is 7.03. The lowest BCUT2D eigenvalue weighted by Crippen LogP contribution is -2.22. The Morgan fingerprint density at radius 1 is 1.06 bits per heavy atom. The van der Waals surface area contributed by atoms with Crippen molar-refractivity contribution in [2.24, 2.45) is 0 Å². The summed E-state index contributed by atoms with van der Waals surface area (Å²) in [7, 11) is 0. The highest BCUT2D eigenvalue weighted by Gasteiger charge is 2.25. The third kappa shape index (κ3) is 3.77. The summed E-state index contributed by atoms with van der Waals surface area (Å²) >= 11 is 1.36. The molecule has 31 heavy (non-hydrogen) atoms. The van der Waals surface area contributed by atoms with E-state index in [0.717, 1.165) is 28.1 Å². The van der Waals surface area contributed by atoms with Gasteiger partial charge in [0.05, 0.1) is 12.0 Å². The lowest BCUT2D eigenvalue weighted by Gasteiger charge is -2.11. The van der Waals surface area contributed by atoms with Crippen LogP contribution in [0.5, 0.6) is 0 Å². The molecule has 0 saturated carbocycles. The van der Waals surface area contributed by atoms with Gasteiger partial charge < -0.3 is 9.72 Å². The van der Waals surface area contributed by atoms with Crippen molar-refractivity contribution in [3.8, 4) is 10.4 Å². The van der Waals surface area contributed by atoms with Crippen LogP contribution in [0.25, 0.3) is 20.7 Å². The molecule has 4 aromatic rings. The quantitative estimate of drug-likeness (QED) is 0.411. The molecule has 0 radical (unpaired) electrons. The number of fused-ring (bicyclic) bond motifs is 1. The lowest BCUT2D eigenvalue weighted by molar-refractivity contribution is 0.0523. The number of esters is 1. The standard InChI is InChI=1S/C24H19F2NO3S/c1-3-30-24(29)20-18(12-15-16(25)10-7-11-17(15)26)27-23-19(21(20)28)13(2)22(31-23)14-8-5-4-6-9-14/h4-11H,3,12H2,1-2H3,(H,27,28). The minimum atomic E-state index is -0.816. The van der Waals surface area contributed by atoms with Crippen LogP contribution in [0.1, 0.15) is 34.1 Å². The van der Waals surface area contributed by atoms with Crippen molar-refractivity contribution in [1.82, 2.24) is 4.98 Å². The highest BCUT2D eigenvalue weighted by atomic mass is 32.1. The summed E-state index contributed by atoms with van der Waals surface area (Å²) < 4.78 is 33.6. The highest BCUT2D eigenvalue weighted by Crippen LogP contribution is 2.36. The molecule has 0 bridgehead atoms. The van der Waals surface area contributed by atoms with E-state index in [-0.39, 0.29) is 29.8 Å². The first kappa shape index (κ1) is 20.9. The lowest BCUT2D eigenvalue weighted by atomic mass is 10.0. The van der Waals surface area contributed by atoms with Gasteiger partial charge in [0.1, 0.15) is 22.0 Å². The van der Waals surface area contributed by atoms with Crippen molar-refractivity contribution in [1.29, 1.82) is 0 Å². The van der Waals surface area contributed by atoms with Crippen molar-refractivity contribution < 1.29 is 18.3 Å². The summed E-state index contributed by atoms with van der Waals surface area (Å²) in [6.45, 7) is 3.52. The Morgan fingerprint density at radius 3 is 2.39 bits per heavy atom. The molecule has 7 heteroatoms. The number of carbonyl (C=O) groups is 1. The smallest absolute Gasteiger partial charge is 0.343 e. The number of aryl methyl sites for hydroxylation is 1. The van der Waals surface area contributed by atoms with Crippen LogP contribution in [0.15, 0.2) is 53.3 Å². The average Bonchev–Trinajstić information content (AvgIpc) is 3.08. The van der Waals surface area contributed by atoms with Crippen LogP contribution in [0, 0.1) is 18.6 Å². The number of halogens is 2. The molecular weight excluding hydrogens is 420 g/mol. The van der Waals surface area contributed by atoms with Gasteiger partial charge in [0.2, 0.25) is 5.43 Å². The molecule has 0 aliphatic carbocycles. The molecule has 158 valence electrons. The van der Waals surface area contributed by atoms with Gasteiger partial charge in [-0.2, -0.15) is 0 Å². The molecule has 0 unspecified atom stereocenters. The summed E-state index contributed by atoms with van der Waals surface area (Å²) in [5.41, 5.74) is 0.850. The van der Waals surface area contributed by atoms with Crippen LogP contribution < -0.4 is 5.43 Å². The molecule has 0 fully saturated rings. The van der Waals surface area contributed by atoms with E-state index in [4.69, 9.17) is 4.74 Å². The average molecular weight is 439 g/mol. The second-order valence-corrected chi connectivity index (χ2v) is 8.05. The highest BCUT2D eigenvalue weighted by molar-refractivity contribution is 7.22. The Morgan fingerprint density at radius 2 is 1.74 bits per heavy atom. The number of hydrogen-bond acceptors (Lipinski definition) is 4. The third-order valence-electron chi connectivity index (χ3n) is 5.10. The van der Waals surface area contributed by atoms with Gasteiger partial charge in [0.15, 0.2) is 0 Å². The van der Waals surface area contributed by atoms with E-state index in [1.54, 1.807) is 6.92 Å². The number of nitrogens with one attached hydrogen (secondary N) is 1. The molecular formula is C24H19F2NO3S. The van der Waals surface area contributed by atoms with Crippen molar-refractivity contribution in [3.05, 3.63) is 92.8 Å². The summed E-state index contributed by atoms with van der Waals surface area (Å²) in [6.07, 6.45) is -0.282. The monoisotopic (exact) mass is 439 g/mol. The van der Waals surface area contributed by atoms with Crippen molar-refractivity contribution in [2.75, 3.05) is 6.61 Å². The number of benzene rings is 2. The minimum absolute atomic E-state index is 0.0711. The number of hydrogen-bond donors (Lipinski definition) is 1. The van der Waals surface area contributed by atoms with Gasteiger partial charge in [-0.1, -0.05) is 36.4 Å². The molecule has 2 aromatic carbocycles. The van der Waals surface area contributed by atoms with E-state index < -0.39 is 23.0 Å². The number of ether oxygens (including phenoxy) is 1. The van der Waals surface area contributed by atoms with Crippen LogP contribution in [0.2, 0.25) is 0 Å². The molecule has 2 aromatic heterocycles. The Balaban J connectivity index is 1.97. The van der Waals surface area contributed by atoms with E-state index >= 15 is 0 Å². The zero-order chi connectivity index (χ0) is 22.1. The summed E-state index contributed by atoms with van der Waals surface area (Å²) in [4.78, 5) is 30.6. The number of rotatable bonds is 5. The number of H-pyrrole nitrogens is 1. The first-order chi connectivity index (χ1) is 14.9. The van der Waals surface area contributed by atoms with E-state index in [9.17, 15) is 18.4 Å². The van der Waals surface area contributed by atoms with E-state index in [0.29, 0.717) is 10.2 Å². The van der Waals surface area contributed by atoms with Crippen molar-refractivity contribution in [2.45, 2.75) is 20.3 Å². The molecule has 4 rings (SSSR count). The van der Waals surface area contributed by atoms with Gasteiger partial charge in [-0.25, -0.2) is 13.6 Å². The van der Waals surface area contributed by atoms with E-state index in [2.05, 4.69) is 4.98 Å². The van der Waals surface area contributed by atoms with Crippen molar-refractivity contribution in [3.63, 3.8) is 0 Å². The SMILES string of the molecule is CCOC(=O)c1c(Cc2c(F)cccc2F)[nH]c2sc(-c3ccccc3)c(C)c2c1=O. The maximum absolute atomic E-state index is 14.3. The first-order valence-corrected chi connectivity index (χ1v) is 10.6. The summed E-state index contributed by atoms with van der Waals surface area (Å²) in [5, 5.41) is 0.379. The predicted octanol–water partition coefficient (Wildman–Crippen LogP) is 5.61. The van der Waals surface area contributed by atoms with Gasteiger partial charge in [-0.3, -0.25) is 4.79 Å². The number of carbonyl (C=O) groups excluding carboxylic acids is 1. The van der Waals surface area contributed by atoms with Crippen LogP contribution in [0.4, 0.5) is 8.78 Å². The molecule has 0 aliphatic rings. The molecule has 0 amide bonds. The fraction of sp³-hybridized carbons (Fsp3) is 0.167. The third-order valence-corrected chi connectivity index (χ3v) is 6.35. The topological polar surface area (TPSA) is 59.2 Å². The summed E-state index contributed by atoms with van der Waals surface area (Å²) in [6, 6.07) is 13.1. The Labute approximate surface area is 181 Å². The van der Waals surface area contributed by atoms with Gasteiger partial charge in [-0.05, 0) is 37.1 Å². The maximum Gasteiger partial charge on any atom is 0.343 e. The van der Waals surface area contributed by atoms with E-state index in [1.807, 2.05) is 37.3 Å². The Bertz CT molecular complexity index is 1320. The molecule has 0 saturated heterocycles. The van der Waals surface area contributed by atoms with Gasteiger partial charge in [-0.15, -0.1) is 11.3 Å². The zero-order valence-electron chi connectivity index (χ0n) is 16.9. The van der Waals surface area contributed by atoms with Gasteiger partial charge in [0.25, 0.3) is 0 Å². The fourth-order valence-corrected chi connectivity index (χ4v) is 4.87. The molecule has 1 N–H and O–H groups in total. The van der Waals surface area contributed by atoms with Gasteiger partial charge in [0, 0.05) is 22.6 Å². The first-order valence-electron chi connectivity index (χ1n) is 9.76. The molecule has 0 spiro atoms. The predicted molar refractivity (Wildman–Crippen MR) is 118 cm³/mol. The Hall–Kier alpha value is -3.32. The molecule has 0 aliphatic heterocycles. The second kappa shape index (κ2) is 8.43. The van der Waals surface area contributed by atoms with Crippen LogP contribution in [-0.4, -0.2) is 17.6 Å². The van der Waals surface area contributed by atoms with Gasteiger partial charge >= 0.3 is 5.97 Å². The Kier molecular flexibility index (Phi) is 5.69. The minimum Gasteiger partial charge on any atom is -0.462 e. The number of aromatic nitrogens is 1. The zero-order valence-corrected chi connectivity index (χ0v) is 17.7. The fourth-order valence-electron chi connectivity index (χ4n) is 3.63. The van der Waals surface area contributed by atoms with E-state index in [1.165, 1.54) is 17.4 Å². The van der Waals surface area contributed by atoms with Crippen LogP contribution in [0.3, 0.4) is 0 Å². The van der Waals surface area contributed by atoms with Crippen LogP contribution >= 0.6 is 11.3 Å². The van der Waals surface area contributed by atoms with Crippen molar-refractivity contribution >= 4 is 27.5 Å². The summed E-state index contributed by atoms with van der Waals surface area (Å²) in [5.74, 6) is -2.31. The molecule has 0 atom stereocenters. The maximum atomic E-state index is 14.3. The molecule has 2 heterocycles. The largest absolute Gasteiger partial charge is 0.462 e.